The molecule has 0 unspecified atom stereocenters. The Hall–Kier alpha value is -0.373. The molecular weight excluding hydrogens is 182 g/mol. The SMILES string of the molecule is C[Si](C)(C)O[C@]1(C#N)CC[C@@H]2O[C@@H]21. The Bertz CT molecular complexity index is 268. The lowest BCUT2D eigenvalue weighted by Crippen LogP contribution is -2.44. The van der Waals surface area contributed by atoms with Crippen molar-refractivity contribution in [1.29, 1.82) is 5.26 Å². The highest BCUT2D eigenvalue weighted by molar-refractivity contribution is 6.69. The summed E-state index contributed by atoms with van der Waals surface area (Å²) in [5, 5.41) is 9.14. The molecule has 3 nitrogen and oxygen atoms in total. The van der Waals surface area contributed by atoms with Crippen LogP contribution in [-0.2, 0) is 9.16 Å². The van der Waals surface area contributed by atoms with Crippen molar-refractivity contribution in [2.75, 3.05) is 0 Å². The second-order valence-corrected chi connectivity index (χ2v) is 9.28. The van der Waals surface area contributed by atoms with Gasteiger partial charge in [-0.2, -0.15) is 5.26 Å². The van der Waals surface area contributed by atoms with E-state index in [0.29, 0.717) is 6.10 Å². The normalized spacial score (nSPS) is 42.6. The number of nitriles is 1. The maximum absolute atomic E-state index is 9.14. The molecule has 3 atom stereocenters. The highest BCUT2D eigenvalue weighted by Crippen LogP contribution is 2.48. The van der Waals surface area contributed by atoms with Gasteiger partial charge in [0.15, 0.2) is 13.9 Å². The van der Waals surface area contributed by atoms with E-state index in [2.05, 4.69) is 25.7 Å². The van der Waals surface area contributed by atoms with Gasteiger partial charge in [-0.1, -0.05) is 0 Å². The Morgan fingerprint density at radius 3 is 2.54 bits per heavy atom. The average molecular weight is 197 g/mol. The molecule has 0 aromatic rings. The second-order valence-electron chi connectivity index (χ2n) is 4.85. The monoisotopic (exact) mass is 197 g/mol. The molecule has 1 aliphatic carbocycles. The zero-order chi connectivity index (χ0) is 9.69. The van der Waals surface area contributed by atoms with Crippen LogP contribution in [0.1, 0.15) is 12.8 Å². The lowest BCUT2D eigenvalue weighted by atomic mass is 10.0. The largest absolute Gasteiger partial charge is 0.398 e. The Morgan fingerprint density at radius 2 is 2.23 bits per heavy atom. The molecule has 1 aliphatic heterocycles. The Balaban J connectivity index is 2.13. The summed E-state index contributed by atoms with van der Waals surface area (Å²) in [5.74, 6) is 0. The highest BCUT2D eigenvalue weighted by Gasteiger charge is 2.62. The van der Waals surface area contributed by atoms with Gasteiger partial charge in [0, 0.05) is 0 Å². The average Bonchev–Trinajstić information content (AvgIpc) is 2.70. The van der Waals surface area contributed by atoms with E-state index >= 15 is 0 Å². The van der Waals surface area contributed by atoms with Crippen LogP contribution in [0.25, 0.3) is 0 Å². The molecule has 2 aliphatic rings. The third-order valence-electron chi connectivity index (χ3n) is 2.52. The van der Waals surface area contributed by atoms with Gasteiger partial charge in [0.2, 0.25) is 0 Å². The number of epoxide rings is 1. The fourth-order valence-corrected chi connectivity index (χ4v) is 3.43. The zero-order valence-electron chi connectivity index (χ0n) is 8.33. The molecule has 0 amide bonds. The van der Waals surface area contributed by atoms with Crippen LogP contribution in [0.5, 0.6) is 0 Å². The maximum atomic E-state index is 9.14. The summed E-state index contributed by atoms with van der Waals surface area (Å²) in [7, 11) is -1.63. The third-order valence-corrected chi connectivity index (χ3v) is 3.50. The van der Waals surface area contributed by atoms with Crippen LogP contribution in [0.15, 0.2) is 0 Å². The molecule has 0 bridgehead atoms. The summed E-state index contributed by atoms with van der Waals surface area (Å²) in [6.45, 7) is 6.34. The van der Waals surface area contributed by atoms with Gasteiger partial charge in [-0.25, -0.2) is 0 Å². The summed E-state index contributed by atoms with van der Waals surface area (Å²) in [5.41, 5.74) is -0.602. The highest BCUT2D eigenvalue weighted by atomic mass is 28.4. The molecule has 72 valence electrons. The minimum atomic E-state index is -1.63. The van der Waals surface area contributed by atoms with Gasteiger partial charge >= 0.3 is 0 Å². The van der Waals surface area contributed by atoms with Crippen molar-refractivity contribution in [2.45, 2.75) is 50.3 Å². The predicted octanol–water partition coefficient (Wildman–Crippen LogP) is 1.66. The van der Waals surface area contributed by atoms with Gasteiger partial charge in [-0.3, -0.25) is 0 Å². The van der Waals surface area contributed by atoms with Crippen molar-refractivity contribution in [2.24, 2.45) is 0 Å². The fraction of sp³-hybridized carbons (Fsp3) is 0.889. The van der Waals surface area contributed by atoms with Crippen molar-refractivity contribution in [3.8, 4) is 6.07 Å². The van der Waals surface area contributed by atoms with Crippen molar-refractivity contribution in [3.05, 3.63) is 0 Å². The van der Waals surface area contributed by atoms with Gasteiger partial charge in [0.05, 0.1) is 12.2 Å². The van der Waals surface area contributed by atoms with Crippen molar-refractivity contribution >= 4 is 8.32 Å². The summed E-state index contributed by atoms with van der Waals surface area (Å²) >= 11 is 0. The third kappa shape index (κ3) is 1.52. The topological polar surface area (TPSA) is 45.5 Å². The van der Waals surface area contributed by atoms with E-state index in [0.717, 1.165) is 12.8 Å². The molecule has 2 fully saturated rings. The van der Waals surface area contributed by atoms with E-state index in [-0.39, 0.29) is 6.10 Å². The standard InChI is InChI=1S/C9H15NO2Si/c1-13(2,3)12-9(6-10)5-4-7-8(9)11-7/h7-8H,4-5H2,1-3H3/t7-,8-,9-/m0/s1. The van der Waals surface area contributed by atoms with Crippen LogP contribution in [0.2, 0.25) is 19.6 Å². The van der Waals surface area contributed by atoms with Gasteiger partial charge in [0.1, 0.15) is 6.10 Å². The first-order valence-corrected chi connectivity index (χ1v) is 8.15. The molecule has 2 rings (SSSR count). The summed E-state index contributed by atoms with van der Waals surface area (Å²) in [6.07, 6.45) is 2.23. The quantitative estimate of drug-likeness (QED) is 0.499. The van der Waals surface area contributed by atoms with Crippen LogP contribution in [0.4, 0.5) is 0 Å². The molecule has 0 aromatic heterocycles. The van der Waals surface area contributed by atoms with E-state index in [1.54, 1.807) is 0 Å². The van der Waals surface area contributed by atoms with Crippen LogP contribution >= 0.6 is 0 Å². The number of nitrogens with zero attached hydrogens (tertiary/aromatic N) is 1. The van der Waals surface area contributed by atoms with Gasteiger partial charge in [0.25, 0.3) is 0 Å². The lowest BCUT2D eigenvalue weighted by molar-refractivity contribution is 0.0717. The van der Waals surface area contributed by atoms with E-state index in [4.69, 9.17) is 14.4 Å². The molecule has 1 heterocycles. The van der Waals surface area contributed by atoms with Crippen LogP contribution < -0.4 is 0 Å². The maximum Gasteiger partial charge on any atom is 0.186 e. The first-order valence-electron chi connectivity index (χ1n) is 4.74. The minimum Gasteiger partial charge on any atom is -0.398 e. The van der Waals surface area contributed by atoms with Crippen molar-refractivity contribution < 1.29 is 9.16 Å². The molecule has 1 saturated carbocycles. The smallest absolute Gasteiger partial charge is 0.186 e. The lowest BCUT2D eigenvalue weighted by Gasteiger charge is -2.30. The van der Waals surface area contributed by atoms with Gasteiger partial charge in [-0.15, -0.1) is 0 Å². The predicted molar refractivity (Wildman–Crippen MR) is 50.7 cm³/mol. The fourth-order valence-electron chi connectivity index (χ4n) is 2.07. The van der Waals surface area contributed by atoms with Crippen molar-refractivity contribution in [1.82, 2.24) is 0 Å². The number of ether oxygens (including phenoxy) is 1. The van der Waals surface area contributed by atoms with Gasteiger partial charge in [-0.05, 0) is 32.5 Å². The molecule has 4 heteroatoms. The number of hydrogen-bond donors (Lipinski definition) is 0. The second kappa shape index (κ2) is 2.56. The molecule has 13 heavy (non-hydrogen) atoms. The van der Waals surface area contributed by atoms with Crippen LogP contribution in [-0.4, -0.2) is 26.1 Å². The Morgan fingerprint density at radius 1 is 1.54 bits per heavy atom. The van der Waals surface area contributed by atoms with Gasteiger partial charge < -0.3 is 9.16 Å². The first kappa shape index (κ1) is 9.19. The molecule has 0 radical (unpaired) electrons. The number of hydrogen-bond acceptors (Lipinski definition) is 3. The molecule has 0 spiro atoms. The van der Waals surface area contributed by atoms with E-state index in [9.17, 15) is 0 Å². The number of rotatable bonds is 2. The summed E-state index contributed by atoms with van der Waals surface area (Å²) in [4.78, 5) is 0. The van der Waals surface area contributed by atoms with E-state index < -0.39 is 13.9 Å². The molecule has 0 N–H and O–H groups in total. The first-order chi connectivity index (χ1) is 5.97. The molecule has 0 aromatic carbocycles. The van der Waals surface area contributed by atoms with E-state index in [1.807, 2.05) is 0 Å². The molecule has 1 saturated heterocycles. The molecular formula is C9H15NO2Si. The Labute approximate surface area is 79.8 Å². The van der Waals surface area contributed by atoms with Crippen molar-refractivity contribution in [3.63, 3.8) is 0 Å². The summed E-state index contributed by atoms with van der Waals surface area (Å²) in [6, 6.07) is 2.31. The van der Waals surface area contributed by atoms with E-state index in [1.165, 1.54) is 0 Å². The zero-order valence-corrected chi connectivity index (χ0v) is 9.33. The minimum absolute atomic E-state index is 0.0734. The van der Waals surface area contributed by atoms with Crippen LogP contribution in [0.3, 0.4) is 0 Å². The number of fused-ring (bicyclic) bond motifs is 1. The summed E-state index contributed by atoms with van der Waals surface area (Å²) < 4.78 is 11.3. The van der Waals surface area contributed by atoms with Crippen LogP contribution in [0, 0.1) is 11.3 Å². The Kier molecular flexibility index (Phi) is 1.81.